The minimum Gasteiger partial charge on any atom is -0.505 e. The molecular formula is C12H10N2O4. The molecule has 6 heteroatoms. The number of hydrogen-bond donors (Lipinski definition) is 1. The first-order valence-corrected chi connectivity index (χ1v) is 5.08. The Morgan fingerprint density at radius 1 is 1.39 bits per heavy atom. The van der Waals surface area contributed by atoms with Gasteiger partial charge < -0.3 is 9.84 Å². The molecule has 0 aliphatic carbocycles. The number of nitrogens with zero attached hydrogens (tertiary/aromatic N) is 2. The summed E-state index contributed by atoms with van der Waals surface area (Å²) in [5, 5.41) is 13.1. The van der Waals surface area contributed by atoms with Crippen molar-refractivity contribution in [1.29, 1.82) is 0 Å². The molecule has 0 saturated carbocycles. The number of benzene rings is 1. The molecule has 0 spiro atoms. The van der Waals surface area contributed by atoms with Crippen LogP contribution in [0.4, 0.5) is 0 Å². The van der Waals surface area contributed by atoms with Gasteiger partial charge in [-0.1, -0.05) is 6.07 Å². The highest BCUT2D eigenvalue weighted by Crippen LogP contribution is 2.15. The third-order valence-electron chi connectivity index (χ3n) is 2.35. The van der Waals surface area contributed by atoms with Crippen molar-refractivity contribution in [2.45, 2.75) is 0 Å². The number of ether oxygens (including phenoxy) is 1. The fourth-order valence-electron chi connectivity index (χ4n) is 1.47. The quantitative estimate of drug-likeness (QED) is 0.808. The van der Waals surface area contributed by atoms with E-state index < -0.39 is 11.3 Å². The predicted molar refractivity (Wildman–Crippen MR) is 63.4 cm³/mol. The van der Waals surface area contributed by atoms with Crippen molar-refractivity contribution in [3.05, 3.63) is 46.4 Å². The van der Waals surface area contributed by atoms with Crippen molar-refractivity contribution < 1.29 is 14.6 Å². The fraction of sp³-hybridized carbons (Fsp3) is 0.0833. The van der Waals surface area contributed by atoms with Gasteiger partial charge in [-0.25, -0.2) is 0 Å². The van der Waals surface area contributed by atoms with Crippen LogP contribution in [0.2, 0.25) is 0 Å². The molecule has 92 valence electrons. The van der Waals surface area contributed by atoms with E-state index in [0.29, 0.717) is 17.7 Å². The standard InChI is InChI=1S/C12H10N2O4/c1-18-9-4-2-3-8(5-9)14-12(17)6-11(16)10(7-15)13-14/h2-7,16H,1H3. The summed E-state index contributed by atoms with van der Waals surface area (Å²) in [5.41, 5.74) is -0.286. The van der Waals surface area contributed by atoms with E-state index in [9.17, 15) is 14.7 Å². The summed E-state index contributed by atoms with van der Waals surface area (Å²) in [6, 6.07) is 7.59. The van der Waals surface area contributed by atoms with E-state index in [1.807, 2.05) is 0 Å². The maximum atomic E-state index is 11.7. The number of aldehydes is 1. The van der Waals surface area contributed by atoms with E-state index >= 15 is 0 Å². The molecule has 18 heavy (non-hydrogen) atoms. The number of hydrogen-bond acceptors (Lipinski definition) is 5. The van der Waals surface area contributed by atoms with Gasteiger partial charge >= 0.3 is 0 Å². The Morgan fingerprint density at radius 3 is 2.83 bits per heavy atom. The monoisotopic (exact) mass is 246 g/mol. The zero-order valence-electron chi connectivity index (χ0n) is 9.53. The van der Waals surface area contributed by atoms with Gasteiger partial charge in [0.1, 0.15) is 5.75 Å². The molecule has 0 atom stereocenters. The molecule has 0 saturated heterocycles. The average molecular weight is 246 g/mol. The van der Waals surface area contributed by atoms with Crippen LogP contribution in [0.15, 0.2) is 35.1 Å². The molecule has 0 fully saturated rings. The molecule has 0 aliphatic rings. The summed E-state index contributed by atoms with van der Waals surface area (Å²) in [5.74, 6) is 0.121. The van der Waals surface area contributed by atoms with Crippen LogP contribution in [0.25, 0.3) is 5.69 Å². The minimum absolute atomic E-state index is 0.197. The number of methoxy groups -OCH3 is 1. The maximum absolute atomic E-state index is 11.7. The highest BCUT2D eigenvalue weighted by molar-refractivity contribution is 5.75. The number of aromatic nitrogens is 2. The molecule has 0 radical (unpaired) electrons. The van der Waals surface area contributed by atoms with Gasteiger partial charge in [-0.05, 0) is 12.1 Å². The minimum atomic E-state index is -0.536. The molecule has 0 bridgehead atoms. The molecule has 1 aromatic heterocycles. The van der Waals surface area contributed by atoms with Crippen molar-refractivity contribution in [3.63, 3.8) is 0 Å². The maximum Gasteiger partial charge on any atom is 0.275 e. The second-order valence-electron chi connectivity index (χ2n) is 3.48. The summed E-state index contributed by atoms with van der Waals surface area (Å²) in [6.07, 6.45) is 0.380. The predicted octanol–water partition coefficient (Wildman–Crippen LogP) is 0.759. The number of rotatable bonds is 3. The molecule has 1 heterocycles. The Labute approximate surface area is 102 Å². The zero-order valence-corrected chi connectivity index (χ0v) is 9.53. The van der Waals surface area contributed by atoms with Gasteiger partial charge in [-0.2, -0.15) is 9.78 Å². The van der Waals surface area contributed by atoms with E-state index in [1.54, 1.807) is 24.3 Å². The Kier molecular flexibility index (Phi) is 3.09. The van der Waals surface area contributed by atoms with E-state index in [0.717, 1.165) is 10.7 Å². The number of carbonyl (C=O) groups is 1. The van der Waals surface area contributed by atoms with Gasteiger partial charge in [0, 0.05) is 12.1 Å². The van der Waals surface area contributed by atoms with Crippen LogP contribution in [0.3, 0.4) is 0 Å². The average Bonchev–Trinajstić information content (AvgIpc) is 2.39. The third-order valence-corrected chi connectivity index (χ3v) is 2.35. The second-order valence-corrected chi connectivity index (χ2v) is 3.48. The zero-order chi connectivity index (χ0) is 13.1. The first-order chi connectivity index (χ1) is 8.65. The van der Waals surface area contributed by atoms with E-state index in [1.165, 1.54) is 7.11 Å². The third kappa shape index (κ3) is 2.08. The van der Waals surface area contributed by atoms with Gasteiger partial charge in [0.05, 0.1) is 12.8 Å². The summed E-state index contributed by atoms with van der Waals surface area (Å²) in [6.45, 7) is 0. The fourth-order valence-corrected chi connectivity index (χ4v) is 1.47. The van der Waals surface area contributed by atoms with Crippen LogP contribution < -0.4 is 10.3 Å². The molecule has 1 aromatic carbocycles. The molecule has 1 N–H and O–H groups in total. The normalized spacial score (nSPS) is 10.1. The number of carbonyl (C=O) groups excluding carboxylic acids is 1. The Balaban J connectivity index is 2.63. The molecule has 0 unspecified atom stereocenters. The van der Waals surface area contributed by atoms with E-state index in [2.05, 4.69) is 5.10 Å². The van der Waals surface area contributed by atoms with Crippen molar-refractivity contribution in [3.8, 4) is 17.2 Å². The van der Waals surface area contributed by atoms with Gasteiger partial charge in [0.2, 0.25) is 0 Å². The lowest BCUT2D eigenvalue weighted by Crippen LogP contribution is -2.21. The summed E-state index contributed by atoms with van der Waals surface area (Å²) in [7, 11) is 1.50. The van der Waals surface area contributed by atoms with Crippen LogP contribution >= 0.6 is 0 Å². The lowest BCUT2D eigenvalue weighted by Gasteiger charge is -2.07. The van der Waals surface area contributed by atoms with Crippen LogP contribution in [0.5, 0.6) is 11.5 Å². The summed E-state index contributed by atoms with van der Waals surface area (Å²) < 4.78 is 6.05. The van der Waals surface area contributed by atoms with Crippen molar-refractivity contribution in [2.24, 2.45) is 0 Å². The van der Waals surface area contributed by atoms with Crippen LogP contribution in [-0.4, -0.2) is 28.3 Å². The lowest BCUT2D eigenvalue weighted by molar-refractivity contribution is 0.111. The Bertz CT molecular complexity index is 649. The molecule has 2 aromatic rings. The largest absolute Gasteiger partial charge is 0.505 e. The molecule has 0 aliphatic heterocycles. The van der Waals surface area contributed by atoms with E-state index in [4.69, 9.17) is 4.74 Å². The van der Waals surface area contributed by atoms with Crippen molar-refractivity contribution in [2.75, 3.05) is 7.11 Å². The summed E-state index contributed by atoms with van der Waals surface area (Å²) >= 11 is 0. The van der Waals surface area contributed by atoms with E-state index in [-0.39, 0.29) is 5.69 Å². The van der Waals surface area contributed by atoms with Gasteiger partial charge in [0.25, 0.3) is 5.56 Å². The Hall–Kier alpha value is -2.63. The smallest absolute Gasteiger partial charge is 0.275 e. The molecule has 2 rings (SSSR count). The SMILES string of the molecule is COc1cccc(-n2nc(C=O)c(O)cc2=O)c1. The lowest BCUT2D eigenvalue weighted by atomic mass is 10.3. The number of aromatic hydroxyl groups is 1. The first-order valence-electron chi connectivity index (χ1n) is 5.08. The highest BCUT2D eigenvalue weighted by Gasteiger charge is 2.08. The highest BCUT2D eigenvalue weighted by atomic mass is 16.5. The molecular weight excluding hydrogens is 236 g/mol. The van der Waals surface area contributed by atoms with Crippen LogP contribution in [0.1, 0.15) is 10.5 Å². The topological polar surface area (TPSA) is 81.4 Å². The summed E-state index contributed by atoms with van der Waals surface area (Å²) in [4.78, 5) is 22.4. The van der Waals surface area contributed by atoms with Gasteiger partial charge in [-0.15, -0.1) is 0 Å². The first kappa shape index (κ1) is 11.8. The van der Waals surface area contributed by atoms with Crippen molar-refractivity contribution in [1.82, 2.24) is 9.78 Å². The molecule has 0 amide bonds. The van der Waals surface area contributed by atoms with Crippen LogP contribution in [-0.2, 0) is 0 Å². The van der Waals surface area contributed by atoms with Gasteiger partial charge in [0.15, 0.2) is 17.7 Å². The van der Waals surface area contributed by atoms with Crippen LogP contribution in [0, 0.1) is 0 Å². The second kappa shape index (κ2) is 4.70. The van der Waals surface area contributed by atoms with Gasteiger partial charge in [-0.3, -0.25) is 9.59 Å². The Morgan fingerprint density at radius 2 is 2.17 bits per heavy atom. The van der Waals surface area contributed by atoms with Crippen molar-refractivity contribution >= 4 is 6.29 Å². The molecule has 6 nitrogen and oxygen atoms in total.